The Hall–Kier alpha value is -1.42. The molecule has 1 heterocycles. The zero-order valence-corrected chi connectivity index (χ0v) is 13.1. The van der Waals surface area contributed by atoms with Gasteiger partial charge in [-0.25, -0.2) is 9.18 Å². The van der Waals surface area contributed by atoms with Crippen LogP contribution in [0.1, 0.15) is 50.4 Å². The topological polar surface area (TPSA) is 30.7 Å². The molecule has 0 saturated carbocycles. The molecule has 0 amide bonds. The van der Waals surface area contributed by atoms with E-state index in [0.29, 0.717) is 12.1 Å². The molecule has 1 aliphatic rings. The standard InChI is InChI=1S/C17H24FNO2/c1-12-6-4-7-13(2)19(12)11-14(3)21-17(20)15-8-5-9-16(18)10-15/h5,8-10,12-14H,4,6-7,11H2,1-3H3/p+1/t12-,13-,14+/m0/s1. The predicted octanol–water partition coefficient (Wildman–Crippen LogP) is 2.22. The van der Waals surface area contributed by atoms with Gasteiger partial charge in [0.1, 0.15) is 18.5 Å². The van der Waals surface area contributed by atoms with Gasteiger partial charge in [-0.05, 0) is 58.2 Å². The van der Waals surface area contributed by atoms with E-state index >= 15 is 0 Å². The van der Waals surface area contributed by atoms with Crippen LogP contribution < -0.4 is 4.90 Å². The second-order valence-corrected chi connectivity index (χ2v) is 6.24. The van der Waals surface area contributed by atoms with Crippen molar-refractivity contribution in [2.24, 2.45) is 0 Å². The first kappa shape index (κ1) is 16.0. The highest BCUT2D eigenvalue weighted by atomic mass is 19.1. The van der Waals surface area contributed by atoms with Crippen molar-refractivity contribution in [3.05, 3.63) is 35.6 Å². The van der Waals surface area contributed by atoms with Crippen molar-refractivity contribution in [3.63, 3.8) is 0 Å². The molecule has 3 nitrogen and oxygen atoms in total. The number of carbonyl (C=O) groups excluding carboxylic acids is 1. The number of esters is 1. The number of ether oxygens (including phenoxy) is 1. The molecule has 0 aromatic heterocycles. The predicted molar refractivity (Wildman–Crippen MR) is 79.9 cm³/mol. The number of quaternary nitrogens is 1. The number of benzene rings is 1. The molecular weight excluding hydrogens is 269 g/mol. The van der Waals surface area contributed by atoms with Crippen LogP contribution in [0, 0.1) is 5.82 Å². The maximum absolute atomic E-state index is 13.1. The molecule has 1 aromatic carbocycles. The third kappa shape index (κ3) is 4.27. The summed E-state index contributed by atoms with van der Waals surface area (Å²) in [7, 11) is 0. The quantitative estimate of drug-likeness (QED) is 0.863. The number of rotatable bonds is 4. The van der Waals surface area contributed by atoms with Gasteiger partial charge in [0.15, 0.2) is 0 Å². The third-order valence-electron chi connectivity index (χ3n) is 4.43. The van der Waals surface area contributed by atoms with Gasteiger partial charge in [-0.15, -0.1) is 0 Å². The van der Waals surface area contributed by atoms with Crippen LogP contribution >= 0.6 is 0 Å². The van der Waals surface area contributed by atoms with E-state index in [9.17, 15) is 9.18 Å². The van der Waals surface area contributed by atoms with Crippen LogP contribution in [-0.4, -0.2) is 30.7 Å². The maximum atomic E-state index is 13.1. The number of piperidine rings is 1. The number of nitrogens with one attached hydrogen (secondary N) is 1. The summed E-state index contributed by atoms with van der Waals surface area (Å²) in [6.45, 7) is 7.24. The van der Waals surface area contributed by atoms with Gasteiger partial charge in [-0.2, -0.15) is 0 Å². The van der Waals surface area contributed by atoms with Crippen LogP contribution in [0.15, 0.2) is 24.3 Å². The lowest BCUT2D eigenvalue weighted by atomic mass is 9.97. The largest absolute Gasteiger partial charge is 0.453 e. The Bertz CT molecular complexity index is 481. The van der Waals surface area contributed by atoms with Gasteiger partial charge >= 0.3 is 5.97 Å². The second-order valence-electron chi connectivity index (χ2n) is 6.24. The summed E-state index contributed by atoms with van der Waals surface area (Å²) >= 11 is 0. The fourth-order valence-corrected chi connectivity index (χ4v) is 3.23. The zero-order valence-electron chi connectivity index (χ0n) is 13.1. The summed E-state index contributed by atoms with van der Waals surface area (Å²) < 4.78 is 18.6. The van der Waals surface area contributed by atoms with Gasteiger partial charge < -0.3 is 9.64 Å². The molecule has 0 radical (unpaired) electrons. The van der Waals surface area contributed by atoms with E-state index in [2.05, 4.69) is 13.8 Å². The summed E-state index contributed by atoms with van der Waals surface area (Å²) in [6, 6.07) is 6.84. The molecule has 116 valence electrons. The number of hydrogen-bond donors (Lipinski definition) is 1. The van der Waals surface area contributed by atoms with Crippen LogP contribution in [0.3, 0.4) is 0 Å². The van der Waals surface area contributed by atoms with Crippen molar-refractivity contribution in [3.8, 4) is 0 Å². The Morgan fingerprint density at radius 3 is 2.67 bits per heavy atom. The highest BCUT2D eigenvalue weighted by Gasteiger charge is 2.30. The highest BCUT2D eigenvalue weighted by Crippen LogP contribution is 2.09. The van der Waals surface area contributed by atoms with Crippen molar-refractivity contribution in [1.82, 2.24) is 0 Å². The molecular formula is C17H25FNO2+. The maximum Gasteiger partial charge on any atom is 0.338 e. The molecule has 3 atom stereocenters. The van der Waals surface area contributed by atoms with E-state index in [0.717, 1.165) is 6.54 Å². The highest BCUT2D eigenvalue weighted by molar-refractivity contribution is 5.89. The van der Waals surface area contributed by atoms with Crippen LogP contribution in [0.5, 0.6) is 0 Å². The fourth-order valence-electron chi connectivity index (χ4n) is 3.23. The molecule has 21 heavy (non-hydrogen) atoms. The molecule has 1 fully saturated rings. The van der Waals surface area contributed by atoms with Gasteiger partial charge in [0.25, 0.3) is 0 Å². The van der Waals surface area contributed by atoms with E-state index < -0.39 is 11.8 Å². The summed E-state index contributed by atoms with van der Waals surface area (Å²) in [5.41, 5.74) is 0.275. The van der Waals surface area contributed by atoms with Gasteiger partial charge in [0.2, 0.25) is 0 Å². The summed E-state index contributed by atoms with van der Waals surface area (Å²) in [5.74, 6) is -0.861. The minimum absolute atomic E-state index is 0.168. The molecule has 2 rings (SSSR count). The number of hydrogen-bond acceptors (Lipinski definition) is 2. The van der Waals surface area contributed by atoms with Crippen molar-refractivity contribution in [2.75, 3.05) is 6.54 Å². The molecule has 0 unspecified atom stereocenters. The average molecular weight is 294 g/mol. The molecule has 0 bridgehead atoms. The lowest BCUT2D eigenvalue weighted by Gasteiger charge is -2.37. The Balaban J connectivity index is 1.92. The average Bonchev–Trinajstić information content (AvgIpc) is 2.43. The second kappa shape index (κ2) is 7.03. The van der Waals surface area contributed by atoms with E-state index in [1.807, 2.05) is 6.92 Å². The SMILES string of the molecule is C[C@H](C[NH+]1[C@@H](C)CCC[C@@H]1C)OC(=O)c1cccc(F)c1. The summed E-state index contributed by atoms with van der Waals surface area (Å²) in [6.07, 6.45) is 3.57. The number of halogens is 1. The first-order chi connectivity index (χ1) is 9.97. The minimum Gasteiger partial charge on any atom is -0.453 e. The molecule has 1 aromatic rings. The van der Waals surface area contributed by atoms with Crippen molar-refractivity contribution in [2.45, 2.75) is 58.2 Å². The third-order valence-corrected chi connectivity index (χ3v) is 4.43. The first-order valence-electron chi connectivity index (χ1n) is 7.79. The normalized spacial score (nSPS) is 24.6. The lowest BCUT2D eigenvalue weighted by molar-refractivity contribution is -0.953. The van der Waals surface area contributed by atoms with Crippen molar-refractivity contribution < 1.29 is 18.8 Å². The minimum atomic E-state index is -0.446. The fraction of sp³-hybridized carbons (Fsp3) is 0.588. The molecule has 0 aliphatic carbocycles. The van der Waals surface area contributed by atoms with Crippen LogP contribution in [0.4, 0.5) is 4.39 Å². The zero-order chi connectivity index (χ0) is 15.4. The molecule has 1 aliphatic heterocycles. The van der Waals surface area contributed by atoms with Crippen LogP contribution in [0.2, 0.25) is 0 Å². The molecule has 0 spiro atoms. The van der Waals surface area contributed by atoms with Crippen molar-refractivity contribution >= 4 is 5.97 Å². The van der Waals surface area contributed by atoms with Crippen molar-refractivity contribution in [1.29, 1.82) is 0 Å². The van der Waals surface area contributed by atoms with Gasteiger partial charge in [0, 0.05) is 0 Å². The van der Waals surface area contributed by atoms with Crippen LogP contribution in [-0.2, 0) is 4.74 Å². The van der Waals surface area contributed by atoms with Gasteiger partial charge in [-0.3, -0.25) is 0 Å². The Labute approximate surface area is 126 Å². The molecule has 1 N–H and O–H groups in total. The molecule has 4 heteroatoms. The van der Waals surface area contributed by atoms with Gasteiger partial charge in [0.05, 0.1) is 17.6 Å². The Morgan fingerprint density at radius 1 is 1.38 bits per heavy atom. The Kier molecular flexibility index (Phi) is 5.34. The monoisotopic (exact) mass is 294 g/mol. The smallest absolute Gasteiger partial charge is 0.338 e. The molecule has 1 saturated heterocycles. The lowest BCUT2D eigenvalue weighted by Crippen LogP contribution is -3.20. The van der Waals surface area contributed by atoms with E-state index in [1.165, 1.54) is 42.4 Å². The first-order valence-corrected chi connectivity index (χ1v) is 7.79. The van der Waals surface area contributed by atoms with E-state index in [-0.39, 0.29) is 11.7 Å². The van der Waals surface area contributed by atoms with E-state index in [4.69, 9.17) is 4.74 Å². The summed E-state index contributed by atoms with van der Waals surface area (Å²) in [5, 5.41) is 0. The van der Waals surface area contributed by atoms with Gasteiger partial charge in [-0.1, -0.05) is 6.07 Å². The van der Waals surface area contributed by atoms with Crippen LogP contribution in [0.25, 0.3) is 0 Å². The Morgan fingerprint density at radius 2 is 2.05 bits per heavy atom. The van der Waals surface area contributed by atoms with E-state index in [1.54, 1.807) is 6.07 Å². The number of carbonyl (C=O) groups is 1. The number of likely N-dealkylation sites (tertiary alicyclic amines) is 1. The summed E-state index contributed by atoms with van der Waals surface area (Å²) in [4.78, 5) is 13.5.